The Kier molecular flexibility index (Phi) is 6.15. The lowest BCUT2D eigenvalue weighted by Crippen LogP contribution is -2.31. The topological polar surface area (TPSA) is 99.0 Å². The number of benzene rings is 1. The van der Waals surface area contributed by atoms with Gasteiger partial charge < -0.3 is 10.1 Å². The smallest absolute Gasteiger partial charge is 0.330 e. The van der Waals surface area contributed by atoms with E-state index in [2.05, 4.69) is 34.6 Å². The quantitative estimate of drug-likeness (QED) is 0.613. The molecule has 2 aromatic heterocycles. The van der Waals surface area contributed by atoms with Crippen LogP contribution in [0, 0.1) is 0 Å². The third kappa shape index (κ3) is 5.01. The molecule has 146 valence electrons. The number of nitrogens with one attached hydrogen (secondary N) is 1. The number of tetrazole rings is 1. The summed E-state index contributed by atoms with van der Waals surface area (Å²) >= 11 is 1.48. The van der Waals surface area contributed by atoms with Crippen molar-refractivity contribution in [1.82, 2.24) is 20.2 Å². The van der Waals surface area contributed by atoms with Crippen LogP contribution >= 0.6 is 11.3 Å². The predicted molar refractivity (Wildman–Crippen MR) is 106 cm³/mol. The summed E-state index contributed by atoms with van der Waals surface area (Å²) in [6, 6.07) is 11.3. The van der Waals surface area contributed by atoms with Gasteiger partial charge in [0, 0.05) is 5.69 Å². The van der Waals surface area contributed by atoms with Crippen LogP contribution in [-0.4, -0.2) is 38.2 Å². The van der Waals surface area contributed by atoms with Crippen LogP contribution in [0.3, 0.4) is 0 Å². The molecule has 0 spiro atoms. The van der Waals surface area contributed by atoms with E-state index >= 15 is 0 Å². The minimum Gasteiger partial charge on any atom is -0.451 e. The molecule has 0 fully saturated rings. The molecule has 0 radical (unpaired) electrons. The van der Waals surface area contributed by atoms with Crippen molar-refractivity contribution < 1.29 is 14.3 Å². The van der Waals surface area contributed by atoms with Gasteiger partial charge in [0.1, 0.15) is 0 Å². The molecule has 3 aromatic rings. The first-order valence-corrected chi connectivity index (χ1v) is 9.72. The Morgan fingerprint density at radius 1 is 1.18 bits per heavy atom. The number of amides is 1. The van der Waals surface area contributed by atoms with Crippen molar-refractivity contribution in [3.05, 3.63) is 47.3 Å². The standard InChI is InChI=1S/C19H21N5O3S/c1-12(2)14-6-8-15(9-7-14)20-19(26)13(3)27-17(25)11-24-22-18(21-23-24)16-5-4-10-28-16/h4-10,12-13H,11H2,1-3H3,(H,20,26)/t13-/m0/s1. The minimum atomic E-state index is -0.947. The third-order valence-corrected chi connectivity index (χ3v) is 4.85. The summed E-state index contributed by atoms with van der Waals surface area (Å²) in [5.74, 6) is -0.168. The van der Waals surface area contributed by atoms with Gasteiger partial charge in [-0.1, -0.05) is 32.0 Å². The third-order valence-electron chi connectivity index (χ3n) is 3.99. The van der Waals surface area contributed by atoms with E-state index in [0.717, 1.165) is 9.67 Å². The molecule has 0 aliphatic rings. The van der Waals surface area contributed by atoms with E-state index in [4.69, 9.17) is 4.74 Å². The maximum Gasteiger partial charge on any atom is 0.330 e. The fourth-order valence-electron chi connectivity index (χ4n) is 2.41. The molecule has 9 heteroatoms. The van der Waals surface area contributed by atoms with Crippen LogP contribution in [0.2, 0.25) is 0 Å². The summed E-state index contributed by atoms with van der Waals surface area (Å²) in [5, 5.41) is 16.5. The van der Waals surface area contributed by atoms with E-state index in [1.54, 1.807) is 0 Å². The zero-order valence-electron chi connectivity index (χ0n) is 15.8. The highest BCUT2D eigenvalue weighted by Gasteiger charge is 2.19. The fourth-order valence-corrected chi connectivity index (χ4v) is 3.06. The first-order chi connectivity index (χ1) is 13.4. The Hall–Kier alpha value is -3.07. The lowest BCUT2D eigenvalue weighted by atomic mass is 10.0. The average molecular weight is 399 g/mol. The van der Waals surface area contributed by atoms with Crippen LogP contribution < -0.4 is 5.32 Å². The van der Waals surface area contributed by atoms with Gasteiger partial charge in [0.15, 0.2) is 12.6 Å². The number of hydrogen-bond acceptors (Lipinski definition) is 7. The molecule has 0 unspecified atom stereocenters. The number of anilines is 1. The molecular formula is C19H21N5O3S. The van der Waals surface area contributed by atoms with Crippen molar-refractivity contribution in [1.29, 1.82) is 0 Å². The molecule has 0 bridgehead atoms. The summed E-state index contributed by atoms with van der Waals surface area (Å²) in [6.07, 6.45) is -0.947. The van der Waals surface area contributed by atoms with Crippen LogP contribution in [-0.2, 0) is 20.9 Å². The Morgan fingerprint density at radius 2 is 1.93 bits per heavy atom. The Balaban J connectivity index is 1.51. The Labute approximate surface area is 166 Å². The number of hydrogen-bond donors (Lipinski definition) is 1. The van der Waals surface area contributed by atoms with Gasteiger partial charge in [0.25, 0.3) is 5.91 Å². The summed E-state index contributed by atoms with van der Waals surface area (Å²) in [6.45, 7) is 5.49. The molecule has 0 aliphatic carbocycles. The number of carbonyl (C=O) groups is 2. The van der Waals surface area contributed by atoms with Gasteiger partial charge in [-0.3, -0.25) is 4.79 Å². The molecule has 1 atom stereocenters. The molecule has 0 aliphatic heterocycles. The highest BCUT2D eigenvalue weighted by molar-refractivity contribution is 7.13. The average Bonchev–Trinajstić information content (AvgIpc) is 3.33. The van der Waals surface area contributed by atoms with Gasteiger partial charge in [-0.05, 0) is 47.2 Å². The second-order valence-corrected chi connectivity index (χ2v) is 7.47. The molecule has 3 rings (SSSR count). The predicted octanol–water partition coefficient (Wildman–Crippen LogP) is 3.10. The summed E-state index contributed by atoms with van der Waals surface area (Å²) in [5.41, 5.74) is 1.83. The molecular weight excluding hydrogens is 378 g/mol. The molecule has 1 N–H and O–H groups in total. The molecule has 0 saturated heterocycles. The van der Waals surface area contributed by atoms with Gasteiger partial charge in [-0.2, -0.15) is 4.80 Å². The Bertz CT molecular complexity index is 935. The van der Waals surface area contributed by atoms with Crippen LogP contribution in [0.15, 0.2) is 41.8 Å². The van der Waals surface area contributed by atoms with Crippen LogP contribution in [0.1, 0.15) is 32.3 Å². The van der Waals surface area contributed by atoms with E-state index in [9.17, 15) is 9.59 Å². The molecule has 0 saturated carbocycles. The first kappa shape index (κ1) is 19.7. The van der Waals surface area contributed by atoms with E-state index in [0.29, 0.717) is 17.4 Å². The number of rotatable bonds is 7. The molecule has 8 nitrogen and oxygen atoms in total. The largest absolute Gasteiger partial charge is 0.451 e. The monoisotopic (exact) mass is 399 g/mol. The fraction of sp³-hybridized carbons (Fsp3) is 0.316. The summed E-state index contributed by atoms with van der Waals surface area (Å²) < 4.78 is 5.17. The van der Waals surface area contributed by atoms with E-state index < -0.39 is 18.0 Å². The zero-order valence-corrected chi connectivity index (χ0v) is 16.6. The van der Waals surface area contributed by atoms with Gasteiger partial charge in [0.05, 0.1) is 4.88 Å². The number of thiophene rings is 1. The van der Waals surface area contributed by atoms with Gasteiger partial charge in [-0.15, -0.1) is 21.5 Å². The number of aromatic nitrogens is 4. The van der Waals surface area contributed by atoms with E-state index in [1.165, 1.54) is 23.8 Å². The van der Waals surface area contributed by atoms with Gasteiger partial charge in [0.2, 0.25) is 5.82 Å². The summed E-state index contributed by atoms with van der Waals surface area (Å²) in [4.78, 5) is 26.3. The maximum atomic E-state index is 12.2. The number of esters is 1. The first-order valence-electron chi connectivity index (χ1n) is 8.84. The molecule has 2 heterocycles. The second-order valence-electron chi connectivity index (χ2n) is 6.52. The van der Waals surface area contributed by atoms with Crippen molar-refractivity contribution in [3.8, 4) is 10.7 Å². The van der Waals surface area contributed by atoms with Crippen molar-refractivity contribution in [2.45, 2.75) is 39.3 Å². The highest BCUT2D eigenvalue weighted by atomic mass is 32.1. The van der Waals surface area contributed by atoms with E-state index in [1.807, 2.05) is 41.8 Å². The van der Waals surface area contributed by atoms with Crippen LogP contribution in [0.25, 0.3) is 10.7 Å². The Morgan fingerprint density at radius 3 is 2.57 bits per heavy atom. The second kappa shape index (κ2) is 8.75. The number of ether oxygens (including phenoxy) is 1. The number of carbonyl (C=O) groups excluding carboxylic acids is 2. The molecule has 28 heavy (non-hydrogen) atoms. The zero-order chi connectivity index (χ0) is 20.1. The van der Waals surface area contributed by atoms with Crippen molar-refractivity contribution in [2.24, 2.45) is 0 Å². The minimum absolute atomic E-state index is 0.223. The normalized spacial score (nSPS) is 12.0. The lowest BCUT2D eigenvalue weighted by Gasteiger charge is -2.14. The van der Waals surface area contributed by atoms with Crippen molar-refractivity contribution >= 4 is 28.9 Å². The lowest BCUT2D eigenvalue weighted by molar-refractivity contribution is -0.154. The summed E-state index contributed by atoms with van der Waals surface area (Å²) in [7, 11) is 0. The maximum absolute atomic E-state index is 12.2. The SMILES string of the molecule is CC(C)c1ccc(NC(=O)[C@H](C)OC(=O)Cn2nnc(-c3cccs3)n2)cc1. The van der Waals surface area contributed by atoms with Gasteiger partial charge in [-0.25, -0.2) is 4.79 Å². The molecule has 1 amide bonds. The van der Waals surface area contributed by atoms with E-state index in [-0.39, 0.29) is 6.54 Å². The van der Waals surface area contributed by atoms with Crippen molar-refractivity contribution in [2.75, 3.05) is 5.32 Å². The van der Waals surface area contributed by atoms with Crippen LogP contribution in [0.5, 0.6) is 0 Å². The van der Waals surface area contributed by atoms with Crippen LogP contribution in [0.4, 0.5) is 5.69 Å². The van der Waals surface area contributed by atoms with Crippen molar-refractivity contribution in [3.63, 3.8) is 0 Å². The molecule has 1 aromatic carbocycles. The number of nitrogens with zero attached hydrogens (tertiary/aromatic N) is 4. The highest BCUT2D eigenvalue weighted by Crippen LogP contribution is 2.19. The van der Waals surface area contributed by atoms with Gasteiger partial charge >= 0.3 is 5.97 Å².